The third-order valence-corrected chi connectivity index (χ3v) is 5.62. The van der Waals surface area contributed by atoms with Gasteiger partial charge in [0.1, 0.15) is 0 Å². The molecular weight excluding hydrogens is 272 g/mol. The Bertz CT molecular complexity index is 562. The van der Waals surface area contributed by atoms with Crippen molar-refractivity contribution in [1.82, 2.24) is 4.90 Å². The zero-order valence-electron chi connectivity index (χ0n) is 13.5. The molecule has 0 radical (unpaired) electrons. The molecule has 0 spiro atoms. The number of nitrogens with zero attached hydrogens (tertiary/aromatic N) is 2. The van der Waals surface area contributed by atoms with Gasteiger partial charge in [-0.1, -0.05) is 18.2 Å². The van der Waals surface area contributed by atoms with Crippen molar-refractivity contribution in [2.45, 2.75) is 57.5 Å². The molecule has 0 N–H and O–H groups in total. The van der Waals surface area contributed by atoms with E-state index in [9.17, 15) is 4.79 Å². The van der Waals surface area contributed by atoms with E-state index in [4.69, 9.17) is 0 Å². The molecule has 3 aliphatic rings. The molecule has 0 unspecified atom stereocenters. The van der Waals surface area contributed by atoms with Gasteiger partial charge in [-0.15, -0.1) is 0 Å². The number of anilines is 1. The van der Waals surface area contributed by atoms with Crippen molar-refractivity contribution in [1.29, 1.82) is 0 Å². The van der Waals surface area contributed by atoms with E-state index in [1.54, 1.807) is 0 Å². The summed E-state index contributed by atoms with van der Waals surface area (Å²) < 4.78 is 0. The highest BCUT2D eigenvalue weighted by molar-refractivity contribution is 5.95. The van der Waals surface area contributed by atoms with Gasteiger partial charge in [-0.3, -0.25) is 9.69 Å². The number of carbonyl (C=O) groups is 1. The smallest absolute Gasteiger partial charge is 0.228 e. The summed E-state index contributed by atoms with van der Waals surface area (Å²) in [4.78, 5) is 17.3. The van der Waals surface area contributed by atoms with Gasteiger partial charge in [-0.05, 0) is 56.6 Å². The molecule has 2 aliphatic carbocycles. The van der Waals surface area contributed by atoms with Crippen LogP contribution in [0.1, 0.15) is 44.6 Å². The van der Waals surface area contributed by atoms with Gasteiger partial charge < -0.3 is 4.90 Å². The Labute approximate surface area is 133 Å². The second kappa shape index (κ2) is 5.69. The van der Waals surface area contributed by atoms with Crippen LogP contribution in [0.4, 0.5) is 5.69 Å². The molecule has 0 bridgehead atoms. The zero-order valence-corrected chi connectivity index (χ0v) is 13.5. The molecule has 1 aromatic carbocycles. The Morgan fingerprint density at radius 2 is 2.05 bits per heavy atom. The van der Waals surface area contributed by atoms with Crippen LogP contribution < -0.4 is 4.90 Å². The highest BCUT2D eigenvalue weighted by atomic mass is 16.2. The molecule has 4 rings (SSSR count). The Hall–Kier alpha value is -1.35. The van der Waals surface area contributed by atoms with Crippen LogP contribution in [0.25, 0.3) is 0 Å². The first-order valence-electron chi connectivity index (χ1n) is 8.88. The molecule has 1 aliphatic heterocycles. The lowest BCUT2D eigenvalue weighted by Crippen LogP contribution is -2.40. The first-order chi connectivity index (χ1) is 10.7. The number of hydrogen-bond donors (Lipinski definition) is 0. The van der Waals surface area contributed by atoms with Gasteiger partial charge in [0.15, 0.2) is 0 Å². The van der Waals surface area contributed by atoms with Crippen molar-refractivity contribution in [3.05, 3.63) is 29.8 Å². The van der Waals surface area contributed by atoms with Crippen molar-refractivity contribution < 1.29 is 4.79 Å². The number of para-hydroxylation sites is 1. The minimum atomic E-state index is 0.304. The third-order valence-electron chi connectivity index (χ3n) is 5.62. The quantitative estimate of drug-likeness (QED) is 0.805. The van der Waals surface area contributed by atoms with Gasteiger partial charge in [0.2, 0.25) is 5.91 Å². The van der Waals surface area contributed by atoms with Crippen molar-refractivity contribution in [2.24, 2.45) is 5.92 Å². The fourth-order valence-corrected chi connectivity index (χ4v) is 3.93. The average molecular weight is 298 g/mol. The predicted molar refractivity (Wildman–Crippen MR) is 89.0 cm³/mol. The molecule has 1 aromatic rings. The predicted octanol–water partition coefficient (Wildman–Crippen LogP) is 3.23. The normalized spacial score (nSPS) is 22.0. The largest absolute Gasteiger partial charge is 0.312 e. The Balaban J connectivity index is 1.38. The number of carbonyl (C=O) groups excluding carboxylic acids is 1. The zero-order chi connectivity index (χ0) is 15.1. The molecule has 118 valence electrons. The molecular formula is C19H26N2O. The summed E-state index contributed by atoms with van der Waals surface area (Å²) in [6.07, 6.45) is 7.11. The lowest BCUT2D eigenvalue weighted by Gasteiger charge is -2.29. The molecule has 1 amide bonds. The van der Waals surface area contributed by atoms with E-state index >= 15 is 0 Å². The molecule has 0 saturated heterocycles. The van der Waals surface area contributed by atoms with Gasteiger partial charge in [0.05, 0.1) is 0 Å². The number of amides is 1. The Morgan fingerprint density at radius 3 is 2.77 bits per heavy atom. The summed E-state index contributed by atoms with van der Waals surface area (Å²) in [7, 11) is 0. The van der Waals surface area contributed by atoms with Crippen molar-refractivity contribution in [2.75, 3.05) is 18.0 Å². The van der Waals surface area contributed by atoms with Crippen LogP contribution in [-0.2, 0) is 11.2 Å². The van der Waals surface area contributed by atoms with E-state index in [1.807, 2.05) is 11.0 Å². The fraction of sp³-hybridized carbons (Fsp3) is 0.632. The standard InChI is InChI=1S/C19H26N2O/c1-14(15-6-7-15)20(17-8-9-17)13-11-19(22)21-12-10-16-4-2-3-5-18(16)21/h2-5,14-15,17H,6-13H2,1H3/t14-/m1/s1. The number of rotatable bonds is 6. The van der Waals surface area contributed by atoms with E-state index in [2.05, 4.69) is 30.0 Å². The lowest BCUT2D eigenvalue weighted by molar-refractivity contribution is -0.119. The van der Waals surface area contributed by atoms with Crippen LogP contribution in [0, 0.1) is 5.92 Å². The van der Waals surface area contributed by atoms with Crippen LogP contribution in [0.5, 0.6) is 0 Å². The summed E-state index contributed by atoms with van der Waals surface area (Å²) in [5, 5.41) is 0. The van der Waals surface area contributed by atoms with Gasteiger partial charge in [0.25, 0.3) is 0 Å². The van der Waals surface area contributed by atoms with Crippen molar-refractivity contribution in [3.63, 3.8) is 0 Å². The van der Waals surface area contributed by atoms with E-state index in [0.717, 1.165) is 37.2 Å². The van der Waals surface area contributed by atoms with Crippen molar-refractivity contribution in [3.8, 4) is 0 Å². The summed E-state index contributed by atoms with van der Waals surface area (Å²) in [6.45, 7) is 4.17. The second-order valence-electron chi connectivity index (χ2n) is 7.22. The number of hydrogen-bond acceptors (Lipinski definition) is 2. The molecule has 1 heterocycles. The third kappa shape index (κ3) is 2.79. The average Bonchev–Trinajstić information content (AvgIpc) is 3.43. The van der Waals surface area contributed by atoms with Crippen LogP contribution in [0.2, 0.25) is 0 Å². The van der Waals surface area contributed by atoms with Gasteiger partial charge in [0, 0.05) is 37.3 Å². The summed E-state index contributed by atoms with van der Waals surface area (Å²) in [5.74, 6) is 1.20. The van der Waals surface area contributed by atoms with E-state index in [-0.39, 0.29) is 0 Å². The van der Waals surface area contributed by atoms with Gasteiger partial charge >= 0.3 is 0 Å². The van der Waals surface area contributed by atoms with Gasteiger partial charge in [-0.2, -0.15) is 0 Å². The van der Waals surface area contributed by atoms with E-state index in [1.165, 1.54) is 31.2 Å². The van der Waals surface area contributed by atoms with E-state index < -0.39 is 0 Å². The highest BCUT2D eigenvalue weighted by Crippen LogP contribution is 2.39. The topological polar surface area (TPSA) is 23.6 Å². The van der Waals surface area contributed by atoms with Crippen LogP contribution in [0.15, 0.2) is 24.3 Å². The first-order valence-corrected chi connectivity index (χ1v) is 8.88. The van der Waals surface area contributed by atoms with Gasteiger partial charge in [-0.25, -0.2) is 0 Å². The maximum atomic E-state index is 12.7. The summed E-state index contributed by atoms with van der Waals surface area (Å²) in [5.41, 5.74) is 2.46. The number of fused-ring (bicyclic) bond motifs is 1. The Morgan fingerprint density at radius 1 is 1.27 bits per heavy atom. The maximum Gasteiger partial charge on any atom is 0.228 e. The van der Waals surface area contributed by atoms with Crippen LogP contribution in [0.3, 0.4) is 0 Å². The monoisotopic (exact) mass is 298 g/mol. The molecule has 0 aromatic heterocycles. The summed E-state index contributed by atoms with van der Waals surface area (Å²) >= 11 is 0. The summed E-state index contributed by atoms with van der Waals surface area (Å²) in [6, 6.07) is 9.77. The van der Waals surface area contributed by atoms with E-state index in [0.29, 0.717) is 18.4 Å². The second-order valence-corrected chi connectivity index (χ2v) is 7.22. The number of benzene rings is 1. The highest BCUT2D eigenvalue weighted by Gasteiger charge is 2.39. The minimum absolute atomic E-state index is 0.304. The minimum Gasteiger partial charge on any atom is -0.312 e. The molecule has 2 saturated carbocycles. The fourth-order valence-electron chi connectivity index (χ4n) is 3.93. The molecule has 3 nitrogen and oxygen atoms in total. The lowest BCUT2D eigenvalue weighted by atomic mass is 10.1. The van der Waals surface area contributed by atoms with Crippen LogP contribution >= 0.6 is 0 Å². The maximum absolute atomic E-state index is 12.7. The van der Waals surface area contributed by atoms with Crippen molar-refractivity contribution >= 4 is 11.6 Å². The first kappa shape index (κ1) is 14.3. The Kier molecular flexibility index (Phi) is 3.69. The van der Waals surface area contributed by atoms with Crippen LogP contribution in [-0.4, -0.2) is 36.0 Å². The molecule has 3 heteroatoms. The SMILES string of the molecule is C[C@H](C1CC1)N(CCC(=O)N1CCc2ccccc21)C1CC1. The molecule has 22 heavy (non-hydrogen) atoms. The molecule has 1 atom stereocenters. The molecule has 2 fully saturated rings.